The molecule has 1 fully saturated rings. The average molecular weight is 363 g/mol. The van der Waals surface area contributed by atoms with Crippen molar-refractivity contribution in [1.29, 1.82) is 0 Å². The van der Waals surface area contributed by atoms with Crippen molar-refractivity contribution in [3.05, 3.63) is 29.2 Å². The maximum atomic E-state index is 12.9. The van der Waals surface area contributed by atoms with E-state index in [0.29, 0.717) is 50.1 Å². The fraction of sp³-hybridized carbons (Fsp3) is 0.647. The van der Waals surface area contributed by atoms with Crippen molar-refractivity contribution in [2.24, 2.45) is 7.05 Å². The molecule has 3 heterocycles. The molecule has 26 heavy (non-hydrogen) atoms. The van der Waals surface area contributed by atoms with E-state index in [1.54, 1.807) is 23.7 Å². The lowest BCUT2D eigenvalue weighted by atomic mass is 10.2. The lowest BCUT2D eigenvalue weighted by molar-refractivity contribution is -0.0240. The molecule has 1 amide bonds. The van der Waals surface area contributed by atoms with E-state index in [0.717, 1.165) is 18.5 Å². The maximum Gasteiger partial charge on any atom is 0.272 e. The third kappa shape index (κ3) is 4.28. The zero-order valence-electron chi connectivity index (χ0n) is 15.5. The number of morpholine rings is 1. The Kier molecular flexibility index (Phi) is 6.00. The molecule has 1 aliphatic heterocycles. The van der Waals surface area contributed by atoms with Gasteiger partial charge in [0.1, 0.15) is 12.3 Å². The molecule has 0 N–H and O–H groups in total. The Morgan fingerprint density at radius 2 is 2.31 bits per heavy atom. The number of methoxy groups -OCH3 is 1. The van der Waals surface area contributed by atoms with E-state index in [4.69, 9.17) is 14.0 Å². The monoisotopic (exact) mass is 363 g/mol. The van der Waals surface area contributed by atoms with Crippen molar-refractivity contribution in [2.75, 3.05) is 26.8 Å². The van der Waals surface area contributed by atoms with Crippen LogP contribution in [0.1, 0.15) is 41.2 Å². The zero-order chi connectivity index (χ0) is 18.5. The Hall–Kier alpha value is -2.26. The summed E-state index contributed by atoms with van der Waals surface area (Å²) in [5.41, 5.74) is 1.55. The molecule has 0 bridgehead atoms. The topological polar surface area (TPSA) is 95.5 Å². The van der Waals surface area contributed by atoms with E-state index < -0.39 is 0 Å². The second-order valence-electron chi connectivity index (χ2n) is 6.38. The third-order valence-electron chi connectivity index (χ3n) is 4.27. The highest BCUT2D eigenvalue weighted by molar-refractivity contribution is 5.92. The van der Waals surface area contributed by atoms with E-state index in [2.05, 4.69) is 22.2 Å². The molecule has 142 valence electrons. The normalized spacial score (nSPS) is 17.7. The molecule has 1 atom stereocenters. The van der Waals surface area contributed by atoms with Crippen LogP contribution in [0.2, 0.25) is 0 Å². The molecule has 3 rings (SSSR count). The largest absolute Gasteiger partial charge is 0.377 e. The number of aromatic nitrogens is 4. The van der Waals surface area contributed by atoms with Crippen LogP contribution in [-0.4, -0.2) is 63.6 Å². The van der Waals surface area contributed by atoms with Gasteiger partial charge in [0.05, 0.1) is 24.8 Å². The summed E-state index contributed by atoms with van der Waals surface area (Å²) in [6, 6.07) is 1.88. The smallest absolute Gasteiger partial charge is 0.272 e. The van der Waals surface area contributed by atoms with Crippen LogP contribution in [0.15, 0.2) is 10.6 Å². The van der Waals surface area contributed by atoms with Crippen LogP contribution < -0.4 is 0 Å². The minimum absolute atomic E-state index is 0.0266. The van der Waals surface area contributed by atoms with Crippen LogP contribution in [0.4, 0.5) is 0 Å². The number of carbonyl (C=O) groups excluding carboxylic acids is 1. The molecule has 2 aromatic rings. The molecule has 1 aliphatic rings. The van der Waals surface area contributed by atoms with Crippen LogP contribution in [0.3, 0.4) is 0 Å². The Labute approximate surface area is 152 Å². The van der Waals surface area contributed by atoms with Gasteiger partial charge < -0.3 is 18.9 Å². The SMILES string of the molecule is CCCc1cc(C(=O)N2CCO[C@@H](Cc3nc(COC)no3)C2)n(C)n1. The number of hydrogen-bond acceptors (Lipinski definition) is 7. The first-order valence-corrected chi connectivity index (χ1v) is 8.85. The molecule has 1 saturated heterocycles. The van der Waals surface area contributed by atoms with Gasteiger partial charge in [-0.3, -0.25) is 9.48 Å². The quantitative estimate of drug-likeness (QED) is 0.724. The molecule has 0 spiro atoms. The lowest BCUT2D eigenvalue weighted by Crippen LogP contribution is -2.46. The number of carbonyl (C=O) groups is 1. The molecule has 0 radical (unpaired) electrons. The van der Waals surface area contributed by atoms with Gasteiger partial charge in [0, 0.05) is 27.2 Å². The molecule has 0 unspecified atom stereocenters. The van der Waals surface area contributed by atoms with Gasteiger partial charge in [0.2, 0.25) is 5.89 Å². The van der Waals surface area contributed by atoms with Crippen LogP contribution in [0.25, 0.3) is 0 Å². The van der Waals surface area contributed by atoms with Crippen molar-refractivity contribution >= 4 is 5.91 Å². The Morgan fingerprint density at radius 1 is 1.46 bits per heavy atom. The van der Waals surface area contributed by atoms with E-state index in [1.807, 2.05) is 6.07 Å². The molecule has 0 saturated carbocycles. The van der Waals surface area contributed by atoms with E-state index in [-0.39, 0.29) is 12.0 Å². The highest BCUT2D eigenvalue weighted by Gasteiger charge is 2.28. The zero-order valence-corrected chi connectivity index (χ0v) is 15.5. The fourth-order valence-electron chi connectivity index (χ4n) is 3.05. The number of rotatable bonds is 7. The van der Waals surface area contributed by atoms with Gasteiger partial charge in [0.25, 0.3) is 5.91 Å². The van der Waals surface area contributed by atoms with Gasteiger partial charge in [-0.05, 0) is 12.5 Å². The molecular weight excluding hydrogens is 338 g/mol. The Bertz CT molecular complexity index is 741. The van der Waals surface area contributed by atoms with Crippen molar-refractivity contribution in [3.8, 4) is 0 Å². The van der Waals surface area contributed by atoms with Gasteiger partial charge >= 0.3 is 0 Å². The van der Waals surface area contributed by atoms with Gasteiger partial charge in [-0.15, -0.1) is 0 Å². The second-order valence-corrected chi connectivity index (χ2v) is 6.38. The Morgan fingerprint density at radius 3 is 3.08 bits per heavy atom. The molecule has 2 aromatic heterocycles. The molecule has 0 aliphatic carbocycles. The van der Waals surface area contributed by atoms with Crippen LogP contribution >= 0.6 is 0 Å². The number of amides is 1. The predicted octanol–water partition coefficient (Wildman–Crippen LogP) is 0.986. The summed E-state index contributed by atoms with van der Waals surface area (Å²) in [5.74, 6) is 0.966. The van der Waals surface area contributed by atoms with Crippen LogP contribution in [0.5, 0.6) is 0 Å². The standard InChI is InChI=1S/C17H25N5O4/c1-4-5-12-8-14(21(2)19-12)17(23)22-6-7-25-13(10-22)9-16-18-15(11-24-3)20-26-16/h8,13H,4-7,9-11H2,1-3H3/t13-/m0/s1. The van der Waals surface area contributed by atoms with Crippen LogP contribution in [0, 0.1) is 0 Å². The summed E-state index contributed by atoms with van der Waals surface area (Å²) in [6.07, 6.45) is 2.16. The molecule has 9 nitrogen and oxygen atoms in total. The molecule has 0 aromatic carbocycles. The predicted molar refractivity (Wildman–Crippen MR) is 91.6 cm³/mol. The minimum atomic E-state index is -0.174. The fourth-order valence-corrected chi connectivity index (χ4v) is 3.05. The second kappa shape index (κ2) is 8.41. The Balaban J connectivity index is 1.63. The average Bonchev–Trinajstić information content (AvgIpc) is 3.21. The van der Waals surface area contributed by atoms with Gasteiger partial charge in [-0.2, -0.15) is 10.1 Å². The lowest BCUT2D eigenvalue weighted by Gasteiger charge is -2.32. The van der Waals surface area contributed by atoms with Crippen molar-refractivity contribution in [1.82, 2.24) is 24.8 Å². The van der Waals surface area contributed by atoms with Crippen molar-refractivity contribution in [2.45, 2.75) is 38.9 Å². The van der Waals surface area contributed by atoms with Crippen LogP contribution in [-0.2, 0) is 36.0 Å². The van der Waals surface area contributed by atoms with E-state index >= 15 is 0 Å². The number of ether oxygens (including phenoxy) is 2. The van der Waals surface area contributed by atoms with E-state index in [1.165, 1.54) is 0 Å². The summed E-state index contributed by atoms with van der Waals surface area (Å²) < 4.78 is 17.6. The molecule has 9 heteroatoms. The number of hydrogen-bond donors (Lipinski definition) is 0. The van der Waals surface area contributed by atoms with Crippen molar-refractivity contribution in [3.63, 3.8) is 0 Å². The number of nitrogens with zero attached hydrogens (tertiary/aromatic N) is 5. The van der Waals surface area contributed by atoms with E-state index in [9.17, 15) is 4.79 Å². The minimum Gasteiger partial charge on any atom is -0.377 e. The third-order valence-corrected chi connectivity index (χ3v) is 4.27. The van der Waals surface area contributed by atoms with Gasteiger partial charge in [-0.1, -0.05) is 18.5 Å². The highest BCUT2D eigenvalue weighted by Crippen LogP contribution is 2.15. The highest BCUT2D eigenvalue weighted by atomic mass is 16.5. The summed E-state index contributed by atoms with van der Waals surface area (Å²) >= 11 is 0. The summed E-state index contributed by atoms with van der Waals surface area (Å²) in [4.78, 5) is 18.9. The summed E-state index contributed by atoms with van der Waals surface area (Å²) in [5, 5.41) is 8.26. The van der Waals surface area contributed by atoms with Gasteiger partial charge in [0.15, 0.2) is 5.82 Å². The summed E-state index contributed by atoms with van der Waals surface area (Å²) in [6.45, 7) is 3.92. The first-order valence-electron chi connectivity index (χ1n) is 8.85. The first-order chi connectivity index (χ1) is 12.6. The summed E-state index contributed by atoms with van der Waals surface area (Å²) in [7, 11) is 3.38. The molecular formula is C17H25N5O4. The van der Waals surface area contributed by atoms with Gasteiger partial charge in [-0.25, -0.2) is 0 Å². The van der Waals surface area contributed by atoms with Crippen molar-refractivity contribution < 1.29 is 18.8 Å². The number of aryl methyl sites for hydroxylation is 2. The first kappa shape index (κ1) is 18.5. The maximum absolute atomic E-state index is 12.9.